The molecule has 3 aromatic rings. The van der Waals surface area contributed by atoms with Crippen molar-refractivity contribution in [3.63, 3.8) is 0 Å². The summed E-state index contributed by atoms with van der Waals surface area (Å²) in [6, 6.07) is 15.2. The van der Waals surface area contributed by atoms with Crippen molar-refractivity contribution in [2.24, 2.45) is 0 Å². The molecule has 1 amide bonds. The predicted molar refractivity (Wildman–Crippen MR) is 98.3 cm³/mol. The van der Waals surface area contributed by atoms with Crippen LogP contribution in [0.5, 0.6) is 5.75 Å². The summed E-state index contributed by atoms with van der Waals surface area (Å²) in [4.78, 5) is 16.2. The highest BCUT2D eigenvalue weighted by Crippen LogP contribution is 2.17. The van der Waals surface area contributed by atoms with E-state index >= 15 is 0 Å². The Labute approximate surface area is 151 Å². The number of nitrogens with zero attached hydrogens (tertiary/aromatic N) is 2. The molecule has 6 nitrogen and oxygen atoms in total. The third-order valence-corrected chi connectivity index (χ3v) is 3.70. The van der Waals surface area contributed by atoms with Gasteiger partial charge in [-0.05, 0) is 36.8 Å². The first-order valence-electron chi connectivity index (χ1n) is 8.13. The van der Waals surface area contributed by atoms with Crippen molar-refractivity contribution in [3.8, 4) is 17.1 Å². The number of hydrogen-bond acceptors (Lipinski definition) is 5. The molecule has 0 saturated carbocycles. The lowest BCUT2D eigenvalue weighted by molar-refractivity contribution is -0.116. The van der Waals surface area contributed by atoms with Crippen LogP contribution in [0.2, 0.25) is 0 Å². The summed E-state index contributed by atoms with van der Waals surface area (Å²) in [5.74, 6) is 1.39. The maximum Gasteiger partial charge on any atom is 0.246 e. The Hall–Kier alpha value is -3.41. The number of carbonyl (C=O) groups is 1. The first kappa shape index (κ1) is 17.4. The largest absolute Gasteiger partial charge is 0.497 e. The Bertz CT molecular complexity index is 914. The van der Waals surface area contributed by atoms with Crippen molar-refractivity contribution in [2.75, 3.05) is 7.11 Å². The van der Waals surface area contributed by atoms with E-state index in [0.717, 1.165) is 22.4 Å². The molecule has 0 saturated heterocycles. The quantitative estimate of drug-likeness (QED) is 0.690. The minimum absolute atomic E-state index is 0.171. The molecule has 0 spiro atoms. The van der Waals surface area contributed by atoms with Crippen LogP contribution in [-0.2, 0) is 11.3 Å². The molecular formula is C20H19N3O3. The third kappa shape index (κ3) is 4.57. The Morgan fingerprint density at radius 1 is 1.23 bits per heavy atom. The average Bonchev–Trinajstić information content (AvgIpc) is 3.14. The summed E-state index contributed by atoms with van der Waals surface area (Å²) in [5.41, 5.74) is 2.90. The number of rotatable bonds is 6. The van der Waals surface area contributed by atoms with Gasteiger partial charge in [0.25, 0.3) is 0 Å². The Morgan fingerprint density at radius 3 is 2.77 bits per heavy atom. The van der Waals surface area contributed by atoms with Gasteiger partial charge in [-0.1, -0.05) is 41.1 Å². The number of nitrogens with one attached hydrogen (secondary N) is 1. The van der Waals surface area contributed by atoms with E-state index in [1.165, 1.54) is 6.08 Å². The van der Waals surface area contributed by atoms with Crippen molar-refractivity contribution in [2.45, 2.75) is 13.5 Å². The van der Waals surface area contributed by atoms with Crippen LogP contribution in [-0.4, -0.2) is 23.2 Å². The van der Waals surface area contributed by atoms with Crippen LogP contribution >= 0.6 is 0 Å². The summed E-state index contributed by atoms with van der Waals surface area (Å²) in [5, 5.41) is 6.67. The Kier molecular flexibility index (Phi) is 5.43. The molecule has 0 atom stereocenters. The number of hydrogen-bond donors (Lipinski definition) is 1. The molecule has 0 aliphatic carbocycles. The molecule has 1 N–H and O–H groups in total. The topological polar surface area (TPSA) is 77.2 Å². The maximum absolute atomic E-state index is 11.9. The van der Waals surface area contributed by atoms with Gasteiger partial charge in [-0.15, -0.1) is 0 Å². The average molecular weight is 349 g/mol. The third-order valence-electron chi connectivity index (χ3n) is 3.70. The molecule has 0 radical (unpaired) electrons. The fourth-order valence-corrected chi connectivity index (χ4v) is 2.34. The van der Waals surface area contributed by atoms with Crippen LogP contribution in [0.4, 0.5) is 0 Å². The van der Waals surface area contributed by atoms with Gasteiger partial charge in [-0.25, -0.2) is 0 Å². The van der Waals surface area contributed by atoms with Gasteiger partial charge in [0.15, 0.2) is 0 Å². The van der Waals surface area contributed by atoms with Crippen LogP contribution in [0.25, 0.3) is 17.5 Å². The molecule has 0 aliphatic rings. The lowest BCUT2D eigenvalue weighted by Crippen LogP contribution is -2.20. The predicted octanol–water partition coefficient (Wildman–Crippen LogP) is 3.38. The molecule has 2 aromatic carbocycles. The van der Waals surface area contributed by atoms with Gasteiger partial charge in [0.1, 0.15) is 5.75 Å². The van der Waals surface area contributed by atoms with Crippen LogP contribution in [0, 0.1) is 6.92 Å². The molecule has 0 unspecified atom stereocenters. The lowest BCUT2D eigenvalue weighted by Gasteiger charge is -1.99. The molecule has 6 heteroatoms. The highest BCUT2D eigenvalue weighted by atomic mass is 16.5. The normalized spacial score (nSPS) is 10.8. The number of methoxy groups -OCH3 is 1. The molecule has 0 aliphatic heterocycles. The van der Waals surface area contributed by atoms with Gasteiger partial charge < -0.3 is 14.6 Å². The number of amides is 1. The lowest BCUT2D eigenvalue weighted by atomic mass is 10.1. The van der Waals surface area contributed by atoms with Crippen LogP contribution in [0.3, 0.4) is 0 Å². The zero-order valence-electron chi connectivity index (χ0n) is 14.6. The van der Waals surface area contributed by atoms with E-state index in [0.29, 0.717) is 11.7 Å². The summed E-state index contributed by atoms with van der Waals surface area (Å²) in [6.45, 7) is 2.17. The number of carbonyl (C=O) groups excluding carboxylic acids is 1. The number of benzene rings is 2. The first-order valence-corrected chi connectivity index (χ1v) is 8.13. The number of aromatic nitrogens is 2. The molecule has 3 rings (SSSR count). The van der Waals surface area contributed by atoms with Crippen molar-refractivity contribution in [3.05, 3.63) is 71.6 Å². The van der Waals surface area contributed by atoms with Gasteiger partial charge in [0.05, 0.1) is 13.7 Å². The highest BCUT2D eigenvalue weighted by Gasteiger charge is 2.09. The van der Waals surface area contributed by atoms with E-state index in [4.69, 9.17) is 9.26 Å². The number of aryl methyl sites for hydroxylation is 1. The van der Waals surface area contributed by atoms with Crippen molar-refractivity contribution in [1.29, 1.82) is 0 Å². The van der Waals surface area contributed by atoms with E-state index in [2.05, 4.69) is 15.5 Å². The van der Waals surface area contributed by atoms with Gasteiger partial charge >= 0.3 is 0 Å². The molecule has 26 heavy (non-hydrogen) atoms. The standard InChI is InChI=1S/C20H19N3O3/c1-14-4-3-5-16(12-14)20-22-19(26-23-20)13-21-18(24)11-8-15-6-9-17(25-2)10-7-15/h3-12H,13H2,1-2H3,(H,21,24). The van der Waals surface area contributed by atoms with Crippen LogP contribution in [0.1, 0.15) is 17.0 Å². The maximum atomic E-state index is 11.9. The Morgan fingerprint density at radius 2 is 2.04 bits per heavy atom. The van der Waals surface area contributed by atoms with E-state index < -0.39 is 0 Å². The molecular weight excluding hydrogens is 330 g/mol. The highest BCUT2D eigenvalue weighted by molar-refractivity contribution is 5.91. The molecule has 1 heterocycles. The summed E-state index contributed by atoms with van der Waals surface area (Å²) < 4.78 is 10.3. The monoisotopic (exact) mass is 349 g/mol. The fraction of sp³-hybridized carbons (Fsp3) is 0.150. The smallest absolute Gasteiger partial charge is 0.246 e. The van der Waals surface area contributed by atoms with E-state index in [1.54, 1.807) is 13.2 Å². The van der Waals surface area contributed by atoms with Crippen molar-refractivity contribution < 1.29 is 14.1 Å². The van der Waals surface area contributed by atoms with Gasteiger partial charge in [0, 0.05) is 11.6 Å². The zero-order valence-corrected chi connectivity index (χ0v) is 14.6. The van der Waals surface area contributed by atoms with E-state index in [-0.39, 0.29) is 12.5 Å². The SMILES string of the molecule is COc1ccc(C=CC(=O)NCc2nc(-c3cccc(C)c3)no2)cc1. The van der Waals surface area contributed by atoms with Crippen LogP contribution in [0.15, 0.2) is 59.1 Å². The molecule has 0 fully saturated rings. The zero-order chi connectivity index (χ0) is 18.4. The summed E-state index contributed by atoms with van der Waals surface area (Å²) in [7, 11) is 1.61. The molecule has 1 aromatic heterocycles. The molecule has 132 valence electrons. The van der Waals surface area contributed by atoms with Gasteiger partial charge in [-0.2, -0.15) is 4.98 Å². The van der Waals surface area contributed by atoms with Crippen LogP contribution < -0.4 is 10.1 Å². The van der Waals surface area contributed by atoms with Gasteiger partial charge in [-0.3, -0.25) is 4.79 Å². The van der Waals surface area contributed by atoms with Crippen molar-refractivity contribution >= 4 is 12.0 Å². The summed E-state index contributed by atoms with van der Waals surface area (Å²) in [6.07, 6.45) is 3.18. The summed E-state index contributed by atoms with van der Waals surface area (Å²) >= 11 is 0. The van der Waals surface area contributed by atoms with Gasteiger partial charge in [0.2, 0.25) is 17.6 Å². The van der Waals surface area contributed by atoms with Crippen molar-refractivity contribution in [1.82, 2.24) is 15.5 Å². The minimum atomic E-state index is -0.240. The first-order chi connectivity index (χ1) is 12.6. The second-order valence-electron chi connectivity index (χ2n) is 5.71. The second-order valence-corrected chi connectivity index (χ2v) is 5.71. The minimum Gasteiger partial charge on any atom is -0.497 e. The Balaban J connectivity index is 1.55. The second kappa shape index (κ2) is 8.11. The molecule has 0 bridgehead atoms. The van der Waals surface area contributed by atoms with E-state index in [1.807, 2.05) is 55.5 Å². The van der Waals surface area contributed by atoms with E-state index in [9.17, 15) is 4.79 Å². The number of ether oxygens (including phenoxy) is 1. The fourth-order valence-electron chi connectivity index (χ4n) is 2.34.